The second-order valence-electron chi connectivity index (χ2n) is 25.7. The maximum absolute atomic E-state index is 12.7. The first-order valence-corrected chi connectivity index (χ1v) is 37.1. The molecule has 0 saturated heterocycles. The van der Waals surface area contributed by atoms with Gasteiger partial charge in [0.1, 0.15) is 0 Å². The third-order valence-electron chi connectivity index (χ3n) is 17.6. The fourth-order valence-electron chi connectivity index (χ4n) is 12.3. The summed E-state index contributed by atoms with van der Waals surface area (Å²) >= 11 is 0. The van der Waals surface area contributed by atoms with Gasteiger partial charge in [-0.15, -0.1) is 0 Å². The van der Waals surface area contributed by atoms with E-state index in [0.29, 0.717) is 0 Å². The molecule has 1 heterocycles. The molecule has 0 saturated carbocycles. The Kier molecular flexibility index (Phi) is 58.9. The molecule has 0 bridgehead atoms. The zero-order valence-electron chi connectivity index (χ0n) is 57.3. The first-order valence-electron chi connectivity index (χ1n) is 37.1. The SMILES string of the molecule is CCCCCCC1=C(c2cc(CCCCCC)cc(CCCCCC)c2)[N+](=[N-])C(c2cc(CCCCCC)cc(CCCCCC)c2)=C1CCCC.[CH2-]CCCCCCCCCCCCCC.[CH2-]CCCCCCCCCCCCCC.[Ni+2]. The van der Waals surface area contributed by atoms with E-state index in [-0.39, 0.29) is 16.5 Å². The van der Waals surface area contributed by atoms with Gasteiger partial charge in [0.2, 0.25) is 11.4 Å². The van der Waals surface area contributed by atoms with Gasteiger partial charge in [0, 0.05) is 22.3 Å². The summed E-state index contributed by atoms with van der Waals surface area (Å²) in [7, 11) is 0. The minimum atomic E-state index is 0. The van der Waals surface area contributed by atoms with E-state index in [1.807, 2.05) is 0 Å². The van der Waals surface area contributed by atoms with Crippen LogP contribution >= 0.6 is 0 Å². The molecule has 2 nitrogen and oxygen atoms in total. The third-order valence-corrected chi connectivity index (χ3v) is 17.6. The number of nitrogens with zero attached hydrogens (tertiary/aromatic N) is 2. The molecular formula is C80H142N2Ni. The van der Waals surface area contributed by atoms with Crippen LogP contribution in [0, 0.1) is 13.8 Å². The fourth-order valence-corrected chi connectivity index (χ4v) is 12.3. The van der Waals surface area contributed by atoms with Crippen molar-refractivity contribution < 1.29 is 21.2 Å². The molecule has 0 amide bonds. The molecule has 482 valence electrons. The molecule has 0 aromatic heterocycles. The van der Waals surface area contributed by atoms with Crippen LogP contribution in [0.4, 0.5) is 0 Å². The molecule has 83 heavy (non-hydrogen) atoms. The molecule has 0 N–H and O–H groups in total. The monoisotopic (exact) mass is 1190 g/mol. The van der Waals surface area contributed by atoms with E-state index in [1.165, 1.54) is 327 Å². The molecule has 0 unspecified atom stereocenters. The third kappa shape index (κ3) is 41.7. The average Bonchev–Trinajstić information content (AvgIpc) is 2.13. The summed E-state index contributed by atoms with van der Waals surface area (Å²) in [5, 5.41) is 0. The van der Waals surface area contributed by atoms with E-state index < -0.39 is 0 Å². The predicted molar refractivity (Wildman–Crippen MR) is 372 cm³/mol. The van der Waals surface area contributed by atoms with E-state index in [0.717, 1.165) is 75.6 Å². The smallest absolute Gasteiger partial charge is 0.493 e. The molecule has 2 aromatic carbocycles. The number of aryl methyl sites for hydroxylation is 4. The first-order chi connectivity index (χ1) is 40.3. The van der Waals surface area contributed by atoms with Gasteiger partial charge in [0.25, 0.3) is 0 Å². The largest absolute Gasteiger partial charge is 2.00 e. The first kappa shape index (κ1) is 81.0. The van der Waals surface area contributed by atoms with Crippen molar-refractivity contribution in [3.8, 4) is 0 Å². The second kappa shape index (κ2) is 60.3. The Morgan fingerprint density at radius 3 is 0.675 bits per heavy atom. The minimum Gasteiger partial charge on any atom is -0.493 e. The molecule has 3 rings (SSSR count). The topological polar surface area (TPSA) is 25.3 Å². The Balaban J connectivity index is 0.00000177. The van der Waals surface area contributed by atoms with Gasteiger partial charge < -0.3 is 19.4 Å². The van der Waals surface area contributed by atoms with E-state index in [2.05, 4.69) is 106 Å². The fraction of sp³-hybridized carbons (Fsp3) is 0.775. The van der Waals surface area contributed by atoms with Crippen LogP contribution in [0.5, 0.6) is 0 Å². The summed E-state index contributed by atoms with van der Waals surface area (Å²) < 4.78 is 1.69. The summed E-state index contributed by atoms with van der Waals surface area (Å²) in [6.07, 6.45) is 71.1. The summed E-state index contributed by atoms with van der Waals surface area (Å²) in [5.74, 6) is 0. The summed E-state index contributed by atoms with van der Waals surface area (Å²) in [6, 6.07) is 14.8. The number of benzene rings is 2. The molecule has 3 heteroatoms. The van der Waals surface area contributed by atoms with Crippen LogP contribution in [0.1, 0.15) is 410 Å². The van der Waals surface area contributed by atoms with Gasteiger partial charge in [-0.25, -0.2) is 4.70 Å². The number of rotatable bonds is 54. The molecular weight excluding hydrogens is 1050 g/mol. The van der Waals surface area contributed by atoms with Crippen molar-refractivity contribution in [1.29, 1.82) is 0 Å². The van der Waals surface area contributed by atoms with Crippen molar-refractivity contribution in [1.82, 2.24) is 0 Å². The van der Waals surface area contributed by atoms with Crippen molar-refractivity contribution >= 4 is 11.4 Å². The number of allylic oxidation sites excluding steroid dienone is 2. The predicted octanol–water partition coefficient (Wildman–Crippen LogP) is 28.3. The van der Waals surface area contributed by atoms with Crippen LogP contribution in [0.15, 0.2) is 47.5 Å². The van der Waals surface area contributed by atoms with Crippen molar-refractivity contribution in [2.45, 2.75) is 402 Å². The number of hydrogen-bond donors (Lipinski definition) is 0. The molecule has 0 spiro atoms. The van der Waals surface area contributed by atoms with Crippen LogP contribution in [-0.4, -0.2) is 4.70 Å². The van der Waals surface area contributed by atoms with E-state index in [4.69, 9.17) is 0 Å². The van der Waals surface area contributed by atoms with Crippen LogP contribution in [0.2, 0.25) is 0 Å². The summed E-state index contributed by atoms with van der Waals surface area (Å²) in [4.78, 5) is 0. The van der Waals surface area contributed by atoms with Crippen LogP contribution in [0.25, 0.3) is 16.9 Å². The van der Waals surface area contributed by atoms with Crippen molar-refractivity contribution in [3.63, 3.8) is 0 Å². The zero-order chi connectivity index (χ0) is 59.8. The number of hydrogen-bond acceptors (Lipinski definition) is 0. The second-order valence-corrected chi connectivity index (χ2v) is 25.7. The molecule has 0 fully saturated rings. The molecule has 0 atom stereocenters. The van der Waals surface area contributed by atoms with Gasteiger partial charge in [0.05, 0.1) is 0 Å². The quantitative estimate of drug-likeness (QED) is 0.0273. The van der Waals surface area contributed by atoms with Gasteiger partial charge in [-0.3, -0.25) is 0 Å². The van der Waals surface area contributed by atoms with Crippen LogP contribution in [0.3, 0.4) is 0 Å². The Hall–Kier alpha value is -1.99. The van der Waals surface area contributed by atoms with Gasteiger partial charge in [-0.1, -0.05) is 324 Å². The molecule has 0 aliphatic carbocycles. The van der Waals surface area contributed by atoms with Crippen molar-refractivity contribution in [2.75, 3.05) is 0 Å². The molecule has 1 aliphatic heterocycles. The zero-order valence-corrected chi connectivity index (χ0v) is 58.3. The van der Waals surface area contributed by atoms with Gasteiger partial charge >= 0.3 is 16.5 Å². The Labute approximate surface area is 531 Å². The average molecular weight is 1190 g/mol. The maximum atomic E-state index is 12.7. The molecule has 1 aliphatic rings. The van der Waals surface area contributed by atoms with E-state index >= 15 is 0 Å². The molecule has 0 radical (unpaired) electrons. The number of unbranched alkanes of at least 4 members (excludes halogenated alkanes) is 40. The van der Waals surface area contributed by atoms with Crippen molar-refractivity contribution in [2.24, 2.45) is 0 Å². The van der Waals surface area contributed by atoms with Gasteiger partial charge in [0.15, 0.2) is 0 Å². The summed E-state index contributed by atoms with van der Waals surface area (Å²) in [6.45, 7) is 26.1. The van der Waals surface area contributed by atoms with Crippen molar-refractivity contribution in [3.05, 3.63) is 100 Å². The van der Waals surface area contributed by atoms with Crippen LogP contribution in [-0.2, 0) is 42.2 Å². The Bertz CT molecular complexity index is 1710. The summed E-state index contributed by atoms with van der Waals surface area (Å²) in [5.41, 5.74) is 26.0. The Morgan fingerprint density at radius 1 is 0.253 bits per heavy atom. The Morgan fingerprint density at radius 2 is 0.446 bits per heavy atom. The standard InChI is InChI=1S/C50H80N2.2C15H31.Ni/c1-7-13-19-24-29-41-35-42(30-25-20-14-8-2)38-45(37-41)49-47(33-18-12-6)48(34-28-23-17-11-5)50(52(49)51)46-39-43(31-26-21-15-9-3)36-44(40-46)32-27-22-16-10-4;2*1-3-5-7-9-11-13-15-14-12-10-8-6-4-2;/h35-40H,7-34H2,1-6H3;2*1,3-15H2,2H3;/q;2*-1;+2. The maximum Gasteiger partial charge on any atom is 2.00 e. The minimum absolute atomic E-state index is 0. The normalized spacial score (nSPS) is 12.2. The van der Waals surface area contributed by atoms with Gasteiger partial charge in [-0.2, -0.15) is 12.8 Å². The molecule has 2 aromatic rings. The van der Waals surface area contributed by atoms with E-state index in [1.54, 1.807) is 4.70 Å². The van der Waals surface area contributed by atoms with Crippen LogP contribution < -0.4 is 0 Å². The van der Waals surface area contributed by atoms with E-state index in [9.17, 15) is 5.53 Å². The van der Waals surface area contributed by atoms with Gasteiger partial charge in [-0.05, 0) is 124 Å².